The molecule has 0 aliphatic carbocycles. The molecule has 2 aromatic rings. The van der Waals surface area contributed by atoms with Crippen LogP contribution in [0, 0.1) is 0 Å². The van der Waals surface area contributed by atoms with Gasteiger partial charge in [0.1, 0.15) is 12.4 Å². The van der Waals surface area contributed by atoms with Gasteiger partial charge in [-0.2, -0.15) is 0 Å². The summed E-state index contributed by atoms with van der Waals surface area (Å²) in [7, 11) is 0. The van der Waals surface area contributed by atoms with Crippen LogP contribution < -0.4 is 10.1 Å². The second kappa shape index (κ2) is 9.16. The van der Waals surface area contributed by atoms with Crippen LogP contribution in [0.3, 0.4) is 0 Å². The Morgan fingerprint density at radius 1 is 1.21 bits per heavy atom. The van der Waals surface area contributed by atoms with Crippen LogP contribution in [0.2, 0.25) is 10.0 Å². The number of carbonyl (C=O) groups is 1. The average molecular weight is 449 g/mol. The molecule has 3 rings (SSSR count). The van der Waals surface area contributed by atoms with Gasteiger partial charge < -0.3 is 15.0 Å². The summed E-state index contributed by atoms with van der Waals surface area (Å²) in [5.41, 5.74) is 3.21. The summed E-state index contributed by atoms with van der Waals surface area (Å²) in [6.45, 7) is 6.46. The van der Waals surface area contributed by atoms with Gasteiger partial charge in [-0.15, -0.1) is 0 Å². The molecule has 152 valence electrons. The van der Waals surface area contributed by atoms with Gasteiger partial charge in [-0.05, 0) is 62.8 Å². The summed E-state index contributed by atoms with van der Waals surface area (Å²) in [5, 5.41) is 5.02. The van der Waals surface area contributed by atoms with E-state index in [2.05, 4.69) is 5.32 Å². The van der Waals surface area contributed by atoms with Gasteiger partial charge in [0.15, 0.2) is 10.9 Å². The first-order valence-corrected chi connectivity index (χ1v) is 10.4. The van der Waals surface area contributed by atoms with Gasteiger partial charge >= 0.3 is 0 Å². The Morgan fingerprint density at radius 2 is 1.86 bits per heavy atom. The quantitative estimate of drug-likeness (QED) is 0.575. The number of nitrogens with zero attached hydrogens (tertiary/aromatic N) is 1. The van der Waals surface area contributed by atoms with Crippen LogP contribution >= 0.6 is 35.4 Å². The van der Waals surface area contributed by atoms with Crippen LogP contribution in [-0.4, -0.2) is 22.3 Å². The largest absolute Gasteiger partial charge is 0.489 e. The van der Waals surface area contributed by atoms with Crippen molar-refractivity contribution in [3.63, 3.8) is 0 Å². The summed E-state index contributed by atoms with van der Waals surface area (Å²) < 4.78 is 5.94. The van der Waals surface area contributed by atoms with Crippen molar-refractivity contribution >= 4 is 46.3 Å². The number of hydrogen-bond acceptors (Lipinski definition) is 3. The lowest BCUT2D eigenvalue weighted by Gasteiger charge is -2.37. The maximum absolute atomic E-state index is 12.4. The molecule has 1 unspecified atom stereocenters. The Bertz CT molecular complexity index is 970. The molecule has 29 heavy (non-hydrogen) atoms. The minimum absolute atomic E-state index is 0.00937. The van der Waals surface area contributed by atoms with Crippen LogP contribution in [0.5, 0.6) is 5.75 Å². The van der Waals surface area contributed by atoms with E-state index >= 15 is 0 Å². The van der Waals surface area contributed by atoms with Crippen molar-refractivity contribution in [1.29, 1.82) is 0 Å². The second-order valence-electron chi connectivity index (χ2n) is 6.74. The van der Waals surface area contributed by atoms with Crippen LogP contribution in [0.4, 0.5) is 0 Å². The fraction of sp³-hybridized carbons (Fsp3) is 0.273. The van der Waals surface area contributed by atoms with Gasteiger partial charge in [-0.3, -0.25) is 4.79 Å². The van der Waals surface area contributed by atoms with Crippen LogP contribution in [0.15, 0.2) is 53.7 Å². The summed E-state index contributed by atoms with van der Waals surface area (Å²) in [6.07, 6.45) is 0. The van der Waals surface area contributed by atoms with Crippen LogP contribution in [-0.2, 0) is 11.4 Å². The van der Waals surface area contributed by atoms with E-state index in [9.17, 15) is 4.79 Å². The zero-order valence-corrected chi connectivity index (χ0v) is 18.8. The summed E-state index contributed by atoms with van der Waals surface area (Å²) in [6, 6.07) is 12.6. The van der Waals surface area contributed by atoms with E-state index in [-0.39, 0.29) is 18.4 Å². The van der Waals surface area contributed by atoms with Crippen molar-refractivity contribution in [3.8, 4) is 5.75 Å². The van der Waals surface area contributed by atoms with E-state index in [1.54, 1.807) is 25.1 Å². The average Bonchev–Trinajstić information content (AvgIpc) is 2.67. The molecular formula is C22H22Cl2N2O2S. The standard InChI is InChI=1S/C22H22Cl2N2O2S/c1-4-26-13(2)20(14(3)27)21(25-22(26)29)15-7-5-8-16(11-15)28-12-17-18(23)9-6-10-19(17)24/h5-11,21H,4,12H2,1-3H3,(H,25,29). The van der Waals surface area contributed by atoms with Gasteiger partial charge in [0.2, 0.25) is 0 Å². The minimum atomic E-state index is -0.324. The van der Waals surface area contributed by atoms with Crippen molar-refractivity contribution in [2.24, 2.45) is 0 Å². The number of nitrogens with one attached hydrogen (secondary N) is 1. The highest BCUT2D eigenvalue weighted by molar-refractivity contribution is 7.80. The zero-order chi connectivity index (χ0) is 21.1. The molecule has 1 aliphatic heterocycles. The summed E-state index contributed by atoms with van der Waals surface area (Å²) in [5.74, 6) is 0.666. The van der Waals surface area contributed by atoms with Gasteiger partial charge in [-0.1, -0.05) is 41.4 Å². The third-order valence-electron chi connectivity index (χ3n) is 4.93. The molecule has 1 aliphatic rings. The fourth-order valence-corrected chi connectivity index (χ4v) is 4.37. The highest BCUT2D eigenvalue weighted by Crippen LogP contribution is 2.33. The predicted molar refractivity (Wildman–Crippen MR) is 121 cm³/mol. The van der Waals surface area contributed by atoms with Crippen molar-refractivity contribution in [1.82, 2.24) is 10.2 Å². The summed E-state index contributed by atoms with van der Waals surface area (Å²) in [4.78, 5) is 14.3. The minimum Gasteiger partial charge on any atom is -0.489 e. The first-order chi connectivity index (χ1) is 13.8. The van der Waals surface area contributed by atoms with Gasteiger partial charge in [0.25, 0.3) is 0 Å². The maximum atomic E-state index is 12.4. The lowest BCUT2D eigenvalue weighted by atomic mass is 9.92. The first kappa shape index (κ1) is 21.6. The Morgan fingerprint density at radius 3 is 2.48 bits per heavy atom. The molecule has 7 heteroatoms. The SMILES string of the molecule is CCN1C(=S)NC(c2cccc(OCc3c(Cl)cccc3Cl)c2)C(C(C)=O)=C1C. The molecule has 4 nitrogen and oxygen atoms in total. The molecule has 0 radical (unpaired) electrons. The van der Waals surface area contributed by atoms with Crippen molar-refractivity contribution < 1.29 is 9.53 Å². The second-order valence-corrected chi connectivity index (χ2v) is 7.94. The van der Waals surface area contributed by atoms with E-state index in [1.165, 1.54) is 0 Å². The Balaban J connectivity index is 1.89. The number of carbonyl (C=O) groups excluding carboxylic acids is 1. The molecule has 0 aromatic heterocycles. The number of ether oxygens (including phenoxy) is 1. The highest BCUT2D eigenvalue weighted by atomic mass is 35.5. The molecular weight excluding hydrogens is 427 g/mol. The van der Waals surface area contributed by atoms with Crippen LogP contribution in [0.25, 0.3) is 0 Å². The highest BCUT2D eigenvalue weighted by Gasteiger charge is 2.31. The lowest BCUT2D eigenvalue weighted by Crippen LogP contribution is -2.47. The number of halogens is 2. The number of allylic oxidation sites excluding steroid dienone is 1. The Hall–Kier alpha value is -2.08. The number of benzene rings is 2. The lowest BCUT2D eigenvalue weighted by molar-refractivity contribution is -0.114. The topological polar surface area (TPSA) is 41.6 Å². The molecule has 2 aromatic carbocycles. The molecule has 0 spiro atoms. The molecule has 0 bridgehead atoms. The molecule has 0 saturated carbocycles. The van der Waals surface area contributed by atoms with Crippen molar-refractivity contribution in [3.05, 3.63) is 74.9 Å². The van der Waals surface area contributed by atoms with Gasteiger partial charge in [0, 0.05) is 33.4 Å². The first-order valence-electron chi connectivity index (χ1n) is 9.28. The third kappa shape index (κ3) is 4.58. The fourth-order valence-electron chi connectivity index (χ4n) is 3.48. The number of rotatable bonds is 6. The number of ketones is 1. The van der Waals surface area contributed by atoms with E-state index in [0.717, 1.165) is 16.8 Å². The van der Waals surface area contributed by atoms with Crippen LogP contribution in [0.1, 0.15) is 37.9 Å². The zero-order valence-electron chi connectivity index (χ0n) is 16.5. The third-order valence-corrected chi connectivity index (χ3v) is 5.97. The molecule has 1 heterocycles. The van der Waals surface area contributed by atoms with Gasteiger partial charge in [-0.25, -0.2) is 0 Å². The van der Waals surface area contributed by atoms with Gasteiger partial charge in [0.05, 0.1) is 6.04 Å². The summed E-state index contributed by atoms with van der Waals surface area (Å²) >= 11 is 18.0. The molecule has 0 saturated heterocycles. The molecule has 1 N–H and O–H groups in total. The van der Waals surface area contributed by atoms with E-state index < -0.39 is 0 Å². The number of Topliss-reactive ketones (excluding diaryl/α,β-unsaturated/α-hetero) is 1. The van der Waals surface area contributed by atoms with E-state index in [4.69, 9.17) is 40.2 Å². The number of thiocarbonyl (C=S) groups is 1. The van der Waals surface area contributed by atoms with E-state index in [0.29, 0.717) is 33.0 Å². The van der Waals surface area contributed by atoms with Crippen molar-refractivity contribution in [2.75, 3.05) is 6.54 Å². The Kier molecular flexibility index (Phi) is 6.83. The molecule has 0 amide bonds. The monoisotopic (exact) mass is 448 g/mol. The molecule has 1 atom stereocenters. The predicted octanol–water partition coefficient (Wildman–Crippen LogP) is 5.69. The normalized spacial score (nSPS) is 16.7. The van der Waals surface area contributed by atoms with E-state index in [1.807, 2.05) is 43.0 Å². The smallest absolute Gasteiger partial charge is 0.173 e. The number of hydrogen-bond donors (Lipinski definition) is 1. The van der Waals surface area contributed by atoms with Crippen molar-refractivity contribution in [2.45, 2.75) is 33.4 Å². The maximum Gasteiger partial charge on any atom is 0.173 e. The Labute approximate surface area is 186 Å². The molecule has 0 fully saturated rings.